The van der Waals surface area contributed by atoms with Gasteiger partial charge in [0.2, 0.25) is 0 Å². The molecule has 5 heteroatoms. The van der Waals surface area contributed by atoms with E-state index in [0.717, 1.165) is 28.9 Å². The molecule has 1 aromatic heterocycles. The topological polar surface area (TPSA) is 36.4 Å². The Balaban J connectivity index is 1.86. The highest BCUT2D eigenvalue weighted by Gasteiger charge is 2.43. The third kappa shape index (κ3) is 1.74. The fraction of sp³-hybridized carbons (Fsp3) is 0.727. The molecule has 0 radical (unpaired) electrons. The highest BCUT2D eigenvalue weighted by Crippen LogP contribution is 2.43. The Kier molecular flexibility index (Phi) is 2.82. The van der Waals surface area contributed by atoms with Crippen LogP contribution in [0.3, 0.4) is 0 Å². The van der Waals surface area contributed by atoms with Gasteiger partial charge in [0, 0.05) is 12.6 Å². The largest absolute Gasteiger partial charge is 0.384 e. The van der Waals surface area contributed by atoms with E-state index in [4.69, 9.17) is 0 Å². The van der Waals surface area contributed by atoms with Crippen LogP contribution in [0.5, 0.6) is 0 Å². The van der Waals surface area contributed by atoms with Gasteiger partial charge >= 0.3 is 0 Å². The van der Waals surface area contributed by atoms with Crippen molar-refractivity contribution in [2.45, 2.75) is 37.3 Å². The minimum absolute atomic E-state index is 0.577. The van der Waals surface area contributed by atoms with Crippen LogP contribution in [0.4, 0.5) is 0 Å². The number of hydrogen-bond acceptors (Lipinski definition) is 4. The summed E-state index contributed by atoms with van der Waals surface area (Å²) in [5.74, 6) is 0. The first kappa shape index (κ1) is 11.1. The molecule has 3 nitrogen and oxygen atoms in total. The molecule has 2 unspecified atom stereocenters. The number of piperidine rings is 1. The van der Waals surface area contributed by atoms with E-state index in [0.29, 0.717) is 6.04 Å². The fourth-order valence-electron chi connectivity index (χ4n) is 2.98. The molecule has 0 spiro atoms. The van der Waals surface area contributed by atoms with Crippen molar-refractivity contribution in [1.29, 1.82) is 0 Å². The zero-order chi connectivity index (χ0) is 11.2. The molecule has 3 rings (SSSR count). The van der Waals surface area contributed by atoms with Crippen molar-refractivity contribution in [2.75, 3.05) is 13.1 Å². The maximum Gasteiger partial charge on any atom is 0.123 e. The van der Waals surface area contributed by atoms with Crippen molar-refractivity contribution in [3.05, 3.63) is 15.0 Å². The zero-order valence-electron chi connectivity index (χ0n) is 9.03. The first-order chi connectivity index (χ1) is 7.69. The fourth-order valence-corrected chi connectivity index (χ4v) is 4.69. The van der Waals surface area contributed by atoms with Crippen LogP contribution in [0.2, 0.25) is 0 Å². The summed E-state index contributed by atoms with van der Waals surface area (Å²) in [5.41, 5.74) is 1.16. The van der Waals surface area contributed by atoms with Gasteiger partial charge in [-0.15, -0.1) is 11.3 Å². The Morgan fingerprint density at radius 1 is 1.56 bits per heavy atom. The van der Waals surface area contributed by atoms with Crippen molar-refractivity contribution in [3.63, 3.8) is 0 Å². The lowest BCUT2D eigenvalue weighted by molar-refractivity contribution is -0.0387. The van der Waals surface area contributed by atoms with Crippen molar-refractivity contribution in [2.24, 2.45) is 0 Å². The highest BCUT2D eigenvalue weighted by atomic mass is 79.9. The number of rotatable bonds is 1. The second-order valence-electron chi connectivity index (χ2n) is 4.79. The average molecular weight is 303 g/mol. The average Bonchev–Trinajstić information content (AvgIpc) is 2.85. The molecule has 0 amide bonds. The van der Waals surface area contributed by atoms with Gasteiger partial charge in [-0.1, -0.05) is 0 Å². The summed E-state index contributed by atoms with van der Waals surface area (Å²) in [5, 5.41) is 10.8. The van der Waals surface area contributed by atoms with Gasteiger partial charge in [-0.3, -0.25) is 0 Å². The van der Waals surface area contributed by atoms with Crippen LogP contribution in [0.25, 0.3) is 0 Å². The summed E-state index contributed by atoms with van der Waals surface area (Å²) in [6, 6.07) is 0.577. The van der Waals surface area contributed by atoms with Crippen LogP contribution in [-0.2, 0) is 5.60 Å². The summed E-state index contributed by atoms with van der Waals surface area (Å²) in [6.45, 7) is 2.23. The smallest absolute Gasteiger partial charge is 0.123 e. The predicted octanol–water partition coefficient (Wildman–Crippen LogP) is 2.35. The highest BCUT2D eigenvalue weighted by molar-refractivity contribution is 9.10. The Hall–Kier alpha value is 0.0300. The molecule has 2 fully saturated rings. The van der Waals surface area contributed by atoms with Crippen LogP contribution in [0.15, 0.2) is 10.1 Å². The number of halogens is 1. The molecule has 0 aliphatic carbocycles. The maximum absolute atomic E-state index is 10.8. The third-order valence-electron chi connectivity index (χ3n) is 3.83. The lowest BCUT2D eigenvalue weighted by atomic mass is 9.86. The number of aliphatic hydroxyl groups is 1. The SMILES string of the molecule is OC1(c2scnc2Br)CCN2CCCC2C1. The lowest BCUT2D eigenvalue weighted by Crippen LogP contribution is -2.45. The third-order valence-corrected chi connectivity index (χ3v) is 5.72. The Bertz CT molecular complexity index is 397. The normalized spacial score (nSPS) is 35.2. The molecule has 2 atom stereocenters. The van der Waals surface area contributed by atoms with Gasteiger partial charge in [0.05, 0.1) is 10.4 Å². The number of nitrogens with zero attached hydrogens (tertiary/aromatic N) is 2. The number of thiazole rings is 1. The van der Waals surface area contributed by atoms with Crippen molar-refractivity contribution < 1.29 is 5.11 Å². The second kappa shape index (κ2) is 4.05. The maximum atomic E-state index is 10.8. The van der Waals surface area contributed by atoms with Crippen LogP contribution in [0, 0.1) is 0 Å². The minimum Gasteiger partial charge on any atom is -0.384 e. The molecule has 16 heavy (non-hydrogen) atoms. The standard InChI is InChI=1S/C11H15BrN2OS/c12-10-9(16-7-13-10)11(15)3-5-14-4-1-2-8(14)6-11/h7-8,15H,1-6H2. The summed E-state index contributed by atoms with van der Waals surface area (Å²) in [7, 11) is 0. The molecule has 2 saturated heterocycles. The molecular weight excluding hydrogens is 288 g/mol. The first-order valence-corrected chi connectivity index (χ1v) is 7.42. The first-order valence-electron chi connectivity index (χ1n) is 5.75. The Morgan fingerprint density at radius 3 is 3.19 bits per heavy atom. The van der Waals surface area contributed by atoms with Crippen molar-refractivity contribution >= 4 is 27.3 Å². The van der Waals surface area contributed by atoms with E-state index in [9.17, 15) is 5.11 Å². The van der Waals surface area contributed by atoms with E-state index in [2.05, 4.69) is 25.8 Å². The van der Waals surface area contributed by atoms with Crippen LogP contribution < -0.4 is 0 Å². The molecular formula is C11H15BrN2OS. The van der Waals surface area contributed by atoms with E-state index in [1.807, 2.05) is 0 Å². The molecule has 0 aromatic carbocycles. The van der Waals surface area contributed by atoms with Gasteiger partial charge < -0.3 is 10.0 Å². The molecule has 0 saturated carbocycles. The number of aromatic nitrogens is 1. The van der Waals surface area contributed by atoms with E-state index in [-0.39, 0.29) is 0 Å². The monoisotopic (exact) mass is 302 g/mol. The summed E-state index contributed by atoms with van der Waals surface area (Å²) >= 11 is 5.00. The molecule has 1 N–H and O–H groups in total. The number of hydrogen-bond donors (Lipinski definition) is 1. The van der Waals surface area contributed by atoms with Crippen LogP contribution in [-0.4, -0.2) is 34.1 Å². The molecule has 88 valence electrons. The quantitative estimate of drug-likeness (QED) is 0.865. The van der Waals surface area contributed by atoms with E-state index in [1.54, 1.807) is 16.8 Å². The van der Waals surface area contributed by atoms with Crippen molar-refractivity contribution in [3.8, 4) is 0 Å². The van der Waals surface area contributed by atoms with Gasteiger partial charge in [0.1, 0.15) is 10.2 Å². The van der Waals surface area contributed by atoms with E-state index < -0.39 is 5.60 Å². The summed E-state index contributed by atoms with van der Waals surface area (Å²) in [4.78, 5) is 7.71. The zero-order valence-corrected chi connectivity index (χ0v) is 11.4. The molecule has 1 aromatic rings. The molecule has 2 aliphatic heterocycles. The van der Waals surface area contributed by atoms with Gasteiger partial charge in [-0.2, -0.15) is 0 Å². The van der Waals surface area contributed by atoms with Crippen molar-refractivity contribution in [1.82, 2.24) is 9.88 Å². The molecule has 2 aliphatic rings. The number of fused-ring (bicyclic) bond motifs is 1. The predicted molar refractivity (Wildman–Crippen MR) is 67.5 cm³/mol. The van der Waals surface area contributed by atoms with Crippen LogP contribution >= 0.6 is 27.3 Å². The second-order valence-corrected chi connectivity index (χ2v) is 6.40. The van der Waals surface area contributed by atoms with Gasteiger partial charge in [0.15, 0.2) is 0 Å². The minimum atomic E-state index is -0.647. The lowest BCUT2D eigenvalue weighted by Gasteiger charge is -2.40. The van der Waals surface area contributed by atoms with Gasteiger partial charge in [-0.05, 0) is 48.2 Å². The van der Waals surface area contributed by atoms with Crippen LogP contribution in [0.1, 0.15) is 30.6 Å². The van der Waals surface area contributed by atoms with Gasteiger partial charge in [-0.25, -0.2) is 4.98 Å². The van der Waals surface area contributed by atoms with E-state index in [1.165, 1.54) is 19.4 Å². The Labute approximate surface area is 108 Å². The van der Waals surface area contributed by atoms with Gasteiger partial charge in [0.25, 0.3) is 0 Å². The summed E-state index contributed by atoms with van der Waals surface area (Å²) < 4.78 is 0.825. The molecule has 3 heterocycles. The molecule has 0 bridgehead atoms. The Morgan fingerprint density at radius 2 is 2.44 bits per heavy atom. The summed E-state index contributed by atoms with van der Waals surface area (Å²) in [6.07, 6.45) is 4.22. The van der Waals surface area contributed by atoms with E-state index >= 15 is 0 Å².